The molecule has 0 bridgehead atoms. The molecule has 0 spiro atoms. The molecule has 0 radical (unpaired) electrons. The average molecular weight is 535 g/mol. The Hall–Kier alpha value is -2.35. The fraction of sp³-hybridized carbons (Fsp3) is 0.310. The average Bonchev–Trinajstić information content (AvgIpc) is 2.99. The summed E-state index contributed by atoms with van der Waals surface area (Å²) in [5, 5.41) is 7.86. The largest absolute Gasteiger partial charge is 0.346 e. The van der Waals surface area contributed by atoms with Gasteiger partial charge in [0.15, 0.2) is 0 Å². The van der Waals surface area contributed by atoms with Crippen LogP contribution < -0.4 is 15.5 Å². The number of nitrogens with zero attached hydrogens (tertiary/aromatic N) is 2. The summed E-state index contributed by atoms with van der Waals surface area (Å²) in [6, 6.07) is 25.1. The Morgan fingerprint density at radius 1 is 0.889 bits per heavy atom. The van der Waals surface area contributed by atoms with E-state index in [1.165, 1.54) is 5.56 Å². The van der Waals surface area contributed by atoms with Crippen molar-refractivity contribution in [3.8, 4) is 11.1 Å². The van der Waals surface area contributed by atoms with Crippen LogP contribution in [-0.2, 0) is 6.42 Å². The van der Waals surface area contributed by atoms with Crippen LogP contribution in [0.3, 0.4) is 0 Å². The summed E-state index contributed by atoms with van der Waals surface area (Å²) >= 11 is 18.7. The van der Waals surface area contributed by atoms with Crippen molar-refractivity contribution < 1.29 is 0 Å². The van der Waals surface area contributed by atoms with E-state index in [-0.39, 0.29) is 0 Å². The maximum Gasteiger partial charge on any atom is 0.127 e. The number of halogens is 1. The third-order valence-electron chi connectivity index (χ3n) is 7.11. The molecule has 36 heavy (non-hydrogen) atoms. The number of hydrogen-bond acceptors (Lipinski definition) is 4. The maximum absolute atomic E-state index is 6.38. The first kappa shape index (κ1) is 25.3. The van der Waals surface area contributed by atoms with Gasteiger partial charge in [0.1, 0.15) is 15.5 Å². The fourth-order valence-electron chi connectivity index (χ4n) is 5.26. The molecule has 3 aromatic carbocycles. The van der Waals surface area contributed by atoms with Crippen LogP contribution >= 0.6 is 36.0 Å². The molecule has 1 unspecified atom stereocenters. The lowest BCUT2D eigenvalue weighted by Crippen LogP contribution is -2.68. The van der Waals surface area contributed by atoms with Gasteiger partial charge >= 0.3 is 0 Å². The topological polar surface area (TPSA) is 30.5 Å². The Balaban J connectivity index is 1.56. The quantitative estimate of drug-likeness (QED) is 0.367. The molecule has 1 atom stereocenters. The van der Waals surface area contributed by atoms with Crippen LogP contribution in [0.2, 0.25) is 5.02 Å². The number of piperazine rings is 1. The van der Waals surface area contributed by atoms with E-state index in [0.29, 0.717) is 6.42 Å². The fourth-order valence-corrected chi connectivity index (χ4v) is 6.35. The minimum atomic E-state index is -0.594. The number of para-hydroxylation sites is 2. The number of thiocarbonyl (C=S) groups is 2. The first-order valence-electron chi connectivity index (χ1n) is 12.6. The van der Waals surface area contributed by atoms with Crippen LogP contribution in [0, 0.1) is 0 Å². The number of anilines is 2. The van der Waals surface area contributed by atoms with Crippen molar-refractivity contribution in [2.75, 3.05) is 42.9 Å². The zero-order valence-corrected chi connectivity index (χ0v) is 22.9. The number of nitrogens with one attached hydrogen (secondary N) is 2. The molecular formula is C29H31ClN4S2. The van der Waals surface area contributed by atoms with E-state index in [9.17, 15) is 0 Å². The number of fused-ring (bicyclic) bond motifs is 1. The highest BCUT2D eigenvalue weighted by Crippen LogP contribution is 2.38. The Labute approximate surface area is 229 Å². The highest BCUT2D eigenvalue weighted by atomic mass is 35.5. The molecular weight excluding hydrogens is 504 g/mol. The normalized spacial score (nSPS) is 20.6. The molecule has 5 rings (SSSR count). The Morgan fingerprint density at radius 3 is 2.19 bits per heavy atom. The molecule has 0 aromatic heterocycles. The summed E-state index contributed by atoms with van der Waals surface area (Å²) < 4.78 is 0. The van der Waals surface area contributed by atoms with E-state index in [0.717, 1.165) is 76.6 Å². The van der Waals surface area contributed by atoms with Gasteiger partial charge in [0.25, 0.3) is 0 Å². The molecule has 1 fully saturated rings. The summed E-state index contributed by atoms with van der Waals surface area (Å²) in [5.74, 6) is 0. The van der Waals surface area contributed by atoms with Gasteiger partial charge in [0.2, 0.25) is 0 Å². The van der Waals surface area contributed by atoms with Crippen molar-refractivity contribution in [1.29, 1.82) is 0 Å². The van der Waals surface area contributed by atoms with Gasteiger partial charge in [-0.05, 0) is 47.4 Å². The molecule has 3 aromatic rings. The zero-order valence-electron chi connectivity index (χ0n) is 20.5. The molecule has 0 amide bonds. The zero-order chi connectivity index (χ0) is 25.1. The number of hydrogen-bond donors (Lipinski definition) is 2. The lowest BCUT2D eigenvalue weighted by atomic mass is 9.86. The van der Waals surface area contributed by atoms with E-state index < -0.39 is 5.54 Å². The highest BCUT2D eigenvalue weighted by Gasteiger charge is 2.49. The molecule has 1 saturated heterocycles. The molecule has 4 nitrogen and oxygen atoms in total. The van der Waals surface area contributed by atoms with Gasteiger partial charge in [-0.15, -0.1) is 0 Å². The minimum absolute atomic E-state index is 0.594. The van der Waals surface area contributed by atoms with E-state index in [4.69, 9.17) is 36.0 Å². The van der Waals surface area contributed by atoms with Gasteiger partial charge in [-0.1, -0.05) is 91.5 Å². The monoisotopic (exact) mass is 534 g/mol. The minimum Gasteiger partial charge on any atom is -0.346 e. The molecule has 2 heterocycles. The third-order valence-corrected chi connectivity index (χ3v) is 8.36. The third kappa shape index (κ3) is 4.81. The van der Waals surface area contributed by atoms with Crippen molar-refractivity contribution >= 4 is 57.4 Å². The smallest absolute Gasteiger partial charge is 0.127 e. The Bertz CT molecular complexity index is 1240. The van der Waals surface area contributed by atoms with Gasteiger partial charge in [0, 0.05) is 44.2 Å². The first-order chi connectivity index (χ1) is 17.5. The van der Waals surface area contributed by atoms with Crippen LogP contribution in [0.5, 0.6) is 0 Å². The van der Waals surface area contributed by atoms with E-state index in [2.05, 4.69) is 88.0 Å². The van der Waals surface area contributed by atoms with Crippen LogP contribution in [0.1, 0.15) is 18.9 Å². The van der Waals surface area contributed by atoms with Crippen molar-refractivity contribution in [2.24, 2.45) is 0 Å². The van der Waals surface area contributed by atoms with E-state index in [1.54, 1.807) is 0 Å². The molecule has 2 N–H and O–H groups in total. The lowest BCUT2D eigenvalue weighted by Gasteiger charge is -2.47. The first-order valence-corrected chi connectivity index (χ1v) is 13.8. The molecule has 0 saturated carbocycles. The van der Waals surface area contributed by atoms with Crippen LogP contribution in [-0.4, -0.2) is 53.1 Å². The van der Waals surface area contributed by atoms with Crippen molar-refractivity contribution in [2.45, 2.75) is 25.3 Å². The Morgan fingerprint density at radius 2 is 1.53 bits per heavy atom. The standard InChI is InChI=1S/C29H31ClN4S2/c1-2-17-34-26-6-4-3-5-25(26)32-27(35)29(28(34)36,33-18-15-31-16-19-33)20-21-7-9-22(10-8-21)23-11-13-24(30)14-12-23/h3-14,31H,2,15-20H2,1H3,(H,32,35). The van der Waals surface area contributed by atoms with Gasteiger partial charge in [-0.3, -0.25) is 4.90 Å². The van der Waals surface area contributed by atoms with Crippen LogP contribution in [0.25, 0.3) is 11.1 Å². The molecule has 186 valence electrons. The SMILES string of the molecule is CCCN1C(=S)C(Cc2ccc(-c3ccc(Cl)cc3)cc2)(N2CCNCC2)C(=S)Nc2ccccc21. The summed E-state index contributed by atoms with van der Waals surface area (Å²) in [5.41, 5.74) is 5.04. The summed E-state index contributed by atoms with van der Waals surface area (Å²) in [4.78, 5) is 6.46. The van der Waals surface area contributed by atoms with E-state index in [1.807, 2.05) is 12.1 Å². The predicted molar refractivity (Wildman–Crippen MR) is 161 cm³/mol. The summed E-state index contributed by atoms with van der Waals surface area (Å²) in [7, 11) is 0. The van der Waals surface area contributed by atoms with Gasteiger partial charge < -0.3 is 15.5 Å². The second kappa shape index (κ2) is 11.0. The molecule has 7 heteroatoms. The van der Waals surface area contributed by atoms with Crippen molar-refractivity contribution in [1.82, 2.24) is 10.2 Å². The second-order valence-electron chi connectivity index (χ2n) is 9.41. The van der Waals surface area contributed by atoms with Crippen LogP contribution in [0.4, 0.5) is 11.4 Å². The lowest BCUT2D eigenvalue weighted by molar-refractivity contribution is 0.178. The Kier molecular flexibility index (Phi) is 7.70. The molecule has 0 aliphatic carbocycles. The summed E-state index contributed by atoms with van der Waals surface area (Å²) in [6.07, 6.45) is 1.71. The van der Waals surface area contributed by atoms with Crippen molar-refractivity contribution in [3.63, 3.8) is 0 Å². The number of benzene rings is 3. The number of rotatable bonds is 6. The van der Waals surface area contributed by atoms with E-state index >= 15 is 0 Å². The highest BCUT2D eigenvalue weighted by molar-refractivity contribution is 7.82. The molecule has 2 aliphatic heterocycles. The summed E-state index contributed by atoms with van der Waals surface area (Å²) in [6.45, 7) is 6.67. The second-order valence-corrected chi connectivity index (χ2v) is 10.6. The van der Waals surface area contributed by atoms with Gasteiger partial charge in [0.05, 0.1) is 11.4 Å². The van der Waals surface area contributed by atoms with Crippen LogP contribution in [0.15, 0.2) is 72.8 Å². The van der Waals surface area contributed by atoms with Gasteiger partial charge in [-0.2, -0.15) is 0 Å². The van der Waals surface area contributed by atoms with Crippen molar-refractivity contribution in [3.05, 3.63) is 83.4 Å². The maximum atomic E-state index is 6.38. The predicted octanol–water partition coefficient (Wildman–Crippen LogP) is 6.19. The van der Waals surface area contributed by atoms with Gasteiger partial charge in [-0.25, -0.2) is 0 Å². The molecule has 2 aliphatic rings.